The van der Waals surface area contributed by atoms with Crippen molar-refractivity contribution in [3.05, 3.63) is 118 Å². The molecule has 2 heterocycles. The van der Waals surface area contributed by atoms with Gasteiger partial charge >= 0.3 is 0 Å². The van der Waals surface area contributed by atoms with Gasteiger partial charge in [0.1, 0.15) is 17.9 Å². The largest absolute Gasteiger partial charge is 0.489 e. The molecule has 5 rings (SSSR count). The zero-order valence-electron chi connectivity index (χ0n) is 23.2. The fourth-order valence-electron chi connectivity index (χ4n) is 5.03. The lowest BCUT2D eigenvalue weighted by atomic mass is 10.0. The van der Waals surface area contributed by atoms with Crippen LogP contribution in [0.25, 0.3) is 11.8 Å². The van der Waals surface area contributed by atoms with Gasteiger partial charge in [0.2, 0.25) is 0 Å². The number of rotatable bonds is 6. The van der Waals surface area contributed by atoms with E-state index in [1.165, 1.54) is 4.90 Å². The molecular weight excluding hydrogens is 532 g/mol. The minimum atomic E-state index is -0.523. The summed E-state index contributed by atoms with van der Waals surface area (Å²) in [5.74, 6) is -0.307. The fourth-order valence-corrected chi connectivity index (χ4v) is 5.30. The lowest BCUT2D eigenvalue weighted by Gasteiger charge is -2.30. The molecule has 0 bridgehead atoms. The Bertz CT molecular complexity index is 1780. The van der Waals surface area contributed by atoms with Crippen LogP contribution in [-0.4, -0.2) is 21.5 Å². The number of nitriles is 1. The molecule has 1 fully saturated rings. The van der Waals surface area contributed by atoms with Crippen molar-refractivity contribution in [3.8, 4) is 17.5 Å². The van der Waals surface area contributed by atoms with Crippen molar-refractivity contribution < 1.29 is 14.3 Å². The Hall–Kier alpha value is -5.00. The molecule has 1 N–H and O–H groups in total. The van der Waals surface area contributed by atoms with Crippen LogP contribution in [0.4, 0.5) is 5.69 Å². The molecule has 0 saturated carbocycles. The number of benzene rings is 3. The van der Waals surface area contributed by atoms with Crippen LogP contribution in [0.3, 0.4) is 0 Å². The molecule has 0 aliphatic carbocycles. The van der Waals surface area contributed by atoms with Crippen molar-refractivity contribution in [1.82, 2.24) is 9.88 Å². The average Bonchev–Trinajstić information content (AvgIpc) is 3.23. The van der Waals surface area contributed by atoms with Gasteiger partial charge in [0.25, 0.3) is 11.8 Å². The molecule has 204 valence electrons. The molecule has 1 aromatic heterocycles. The van der Waals surface area contributed by atoms with E-state index < -0.39 is 11.8 Å². The minimum Gasteiger partial charge on any atom is -0.489 e. The van der Waals surface area contributed by atoms with Gasteiger partial charge in [-0.3, -0.25) is 19.8 Å². The lowest BCUT2D eigenvalue weighted by Crippen LogP contribution is -2.54. The molecule has 1 aliphatic rings. The normalized spacial score (nSPS) is 14.3. The average molecular weight is 561 g/mol. The highest BCUT2D eigenvalue weighted by Crippen LogP contribution is 2.29. The number of ether oxygens (including phenoxy) is 1. The summed E-state index contributed by atoms with van der Waals surface area (Å²) < 4.78 is 7.97. The van der Waals surface area contributed by atoms with Crippen LogP contribution in [-0.2, 0) is 16.2 Å². The predicted octanol–water partition coefficient (Wildman–Crippen LogP) is 5.99. The van der Waals surface area contributed by atoms with Gasteiger partial charge in [-0.15, -0.1) is 0 Å². The van der Waals surface area contributed by atoms with E-state index in [0.717, 1.165) is 39.3 Å². The van der Waals surface area contributed by atoms with E-state index >= 15 is 0 Å². The zero-order chi connectivity index (χ0) is 29.3. The topological polar surface area (TPSA) is 87.4 Å². The highest BCUT2D eigenvalue weighted by Gasteiger charge is 2.35. The summed E-state index contributed by atoms with van der Waals surface area (Å²) in [5.41, 5.74) is 7.50. The van der Waals surface area contributed by atoms with E-state index in [2.05, 4.69) is 16.0 Å². The predicted molar refractivity (Wildman–Crippen MR) is 163 cm³/mol. The third-order valence-electron chi connectivity index (χ3n) is 7.09. The molecule has 0 unspecified atom stereocenters. The van der Waals surface area contributed by atoms with Crippen LogP contribution in [0.1, 0.15) is 39.2 Å². The molecule has 1 aliphatic heterocycles. The van der Waals surface area contributed by atoms with Crippen LogP contribution >= 0.6 is 12.2 Å². The van der Waals surface area contributed by atoms with Crippen LogP contribution in [0.15, 0.2) is 78.4 Å². The first kappa shape index (κ1) is 27.6. The van der Waals surface area contributed by atoms with Gasteiger partial charge in [-0.2, -0.15) is 5.26 Å². The summed E-state index contributed by atoms with van der Waals surface area (Å²) >= 11 is 5.37. The molecule has 0 atom stereocenters. The van der Waals surface area contributed by atoms with E-state index in [1.54, 1.807) is 12.1 Å². The maximum atomic E-state index is 13.6. The van der Waals surface area contributed by atoms with E-state index in [0.29, 0.717) is 23.6 Å². The highest BCUT2D eigenvalue weighted by atomic mass is 32.1. The maximum Gasteiger partial charge on any atom is 0.270 e. The molecule has 41 heavy (non-hydrogen) atoms. The SMILES string of the molecule is Cc1ccc(N2C(=O)/C(=C/c3cc(C)n(-c4ccc(OCc5ccccc5C#N)cc4)c3C)C(=O)NC2=S)c(C)c1. The Morgan fingerprint density at radius 2 is 1.71 bits per heavy atom. The number of anilines is 1. The Labute approximate surface area is 244 Å². The monoisotopic (exact) mass is 560 g/mol. The molecule has 7 nitrogen and oxygen atoms in total. The van der Waals surface area contributed by atoms with Gasteiger partial charge in [-0.25, -0.2) is 0 Å². The molecule has 2 amide bonds. The smallest absolute Gasteiger partial charge is 0.270 e. The Balaban J connectivity index is 1.41. The standard InChI is InChI=1S/C33H28N4O3S/c1-20-9-14-30(21(2)15-20)37-32(39)29(31(38)35-33(37)41)17-26-16-22(3)36(23(26)4)27-10-12-28(13-11-27)40-19-25-8-6-5-7-24(25)18-34/h5-17H,19H2,1-4H3,(H,35,38,41)/b29-17+. The number of hydrogen-bond acceptors (Lipinski definition) is 5. The molecule has 3 aromatic carbocycles. The van der Waals surface area contributed by atoms with Gasteiger partial charge in [0, 0.05) is 22.6 Å². The quantitative estimate of drug-likeness (QED) is 0.178. The number of hydrogen-bond donors (Lipinski definition) is 1. The third-order valence-corrected chi connectivity index (χ3v) is 7.38. The molecule has 8 heteroatoms. The summed E-state index contributed by atoms with van der Waals surface area (Å²) in [5, 5.41) is 12.0. The van der Waals surface area contributed by atoms with Crippen molar-refractivity contribution in [2.24, 2.45) is 0 Å². The maximum absolute atomic E-state index is 13.6. The van der Waals surface area contributed by atoms with Gasteiger partial charge in [0.05, 0.1) is 17.3 Å². The number of thiocarbonyl (C=S) groups is 1. The fraction of sp³-hybridized carbons (Fsp3) is 0.152. The van der Waals surface area contributed by atoms with Crippen LogP contribution in [0.5, 0.6) is 5.75 Å². The van der Waals surface area contributed by atoms with Crippen molar-refractivity contribution in [2.45, 2.75) is 34.3 Å². The second kappa shape index (κ2) is 11.2. The number of amides is 2. The number of nitrogens with one attached hydrogen (secondary N) is 1. The van der Waals surface area contributed by atoms with Crippen molar-refractivity contribution >= 4 is 40.9 Å². The first-order chi connectivity index (χ1) is 19.7. The Morgan fingerprint density at radius 1 is 0.976 bits per heavy atom. The summed E-state index contributed by atoms with van der Waals surface area (Å²) in [6.07, 6.45) is 1.62. The van der Waals surface area contributed by atoms with Crippen molar-refractivity contribution in [3.63, 3.8) is 0 Å². The van der Waals surface area contributed by atoms with Gasteiger partial charge in [-0.1, -0.05) is 35.9 Å². The minimum absolute atomic E-state index is 0.0141. The van der Waals surface area contributed by atoms with E-state index in [1.807, 2.05) is 94.4 Å². The number of carbonyl (C=O) groups excluding carboxylic acids is 2. The summed E-state index contributed by atoms with van der Waals surface area (Å²) in [4.78, 5) is 27.9. The van der Waals surface area contributed by atoms with E-state index in [9.17, 15) is 14.9 Å². The molecule has 0 spiro atoms. The van der Waals surface area contributed by atoms with Crippen LogP contribution in [0.2, 0.25) is 0 Å². The first-order valence-electron chi connectivity index (χ1n) is 13.1. The summed E-state index contributed by atoms with van der Waals surface area (Å²) in [6.45, 7) is 8.10. The van der Waals surface area contributed by atoms with E-state index in [4.69, 9.17) is 17.0 Å². The third kappa shape index (κ3) is 5.40. The van der Waals surface area contributed by atoms with E-state index in [-0.39, 0.29) is 10.7 Å². The molecule has 1 saturated heterocycles. The number of carbonyl (C=O) groups is 2. The van der Waals surface area contributed by atoms with Crippen LogP contribution < -0.4 is 15.0 Å². The van der Waals surface area contributed by atoms with Crippen molar-refractivity contribution in [2.75, 3.05) is 4.90 Å². The first-order valence-corrected chi connectivity index (χ1v) is 13.5. The highest BCUT2D eigenvalue weighted by molar-refractivity contribution is 7.80. The van der Waals surface area contributed by atoms with Gasteiger partial charge in [0.15, 0.2) is 5.11 Å². The molecule has 4 aromatic rings. The Morgan fingerprint density at radius 3 is 2.41 bits per heavy atom. The number of aromatic nitrogens is 1. The molecular formula is C33H28N4O3S. The summed E-state index contributed by atoms with van der Waals surface area (Å²) in [6, 6.07) is 24.9. The second-order valence-electron chi connectivity index (χ2n) is 9.96. The lowest BCUT2D eigenvalue weighted by molar-refractivity contribution is -0.122. The zero-order valence-corrected chi connectivity index (χ0v) is 24.0. The van der Waals surface area contributed by atoms with Gasteiger partial charge in [-0.05, 0) is 99.6 Å². The second-order valence-corrected chi connectivity index (χ2v) is 10.3. The van der Waals surface area contributed by atoms with Gasteiger partial charge < -0.3 is 9.30 Å². The van der Waals surface area contributed by atoms with Crippen molar-refractivity contribution in [1.29, 1.82) is 5.26 Å². The number of nitrogens with zero attached hydrogens (tertiary/aromatic N) is 3. The Kier molecular flexibility index (Phi) is 7.56. The van der Waals surface area contributed by atoms with Crippen LogP contribution in [0, 0.1) is 39.0 Å². The molecule has 0 radical (unpaired) electrons. The number of aryl methyl sites for hydroxylation is 3. The summed E-state index contributed by atoms with van der Waals surface area (Å²) in [7, 11) is 0.